The van der Waals surface area contributed by atoms with Crippen LogP contribution in [0, 0.1) is 11.3 Å². The van der Waals surface area contributed by atoms with Gasteiger partial charge in [0.05, 0.1) is 18.3 Å². The van der Waals surface area contributed by atoms with Gasteiger partial charge in [-0.15, -0.1) is 0 Å². The predicted octanol–water partition coefficient (Wildman–Crippen LogP) is 2.32. The van der Waals surface area contributed by atoms with Crippen molar-refractivity contribution in [3.05, 3.63) is 0 Å². The molecule has 2 rings (SSSR count). The second-order valence-electron chi connectivity index (χ2n) is 5.42. The van der Waals surface area contributed by atoms with E-state index in [0.717, 1.165) is 39.0 Å². The van der Waals surface area contributed by atoms with Crippen molar-refractivity contribution >= 4 is 0 Å². The lowest BCUT2D eigenvalue weighted by Crippen LogP contribution is -2.55. The molecule has 2 unspecified atom stereocenters. The van der Waals surface area contributed by atoms with Crippen LogP contribution < -0.4 is 0 Å². The first-order chi connectivity index (χ1) is 7.64. The number of hydrogen-bond acceptors (Lipinski definition) is 3. The van der Waals surface area contributed by atoms with E-state index in [1.807, 2.05) is 0 Å². The number of nitriles is 1. The molecule has 2 aliphatic rings. The zero-order valence-corrected chi connectivity index (χ0v) is 10.5. The maximum absolute atomic E-state index is 9.58. The van der Waals surface area contributed by atoms with Gasteiger partial charge in [-0.05, 0) is 39.3 Å². The zero-order chi connectivity index (χ0) is 11.6. The molecule has 2 aliphatic heterocycles. The molecule has 16 heavy (non-hydrogen) atoms. The molecule has 3 nitrogen and oxygen atoms in total. The predicted molar refractivity (Wildman–Crippen MR) is 63.0 cm³/mol. The van der Waals surface area contributed by atoms with Crippen LogP contribution >= 0.6 is 0 Å². The Kier molecular flexibility index (Phi) is 3.23. The zero-order valence-electron chi connectivity index (χ0n) is 10.5. The third-order valence-electron chi connectivity index (χ3n) is 4.30. The third kappa shape index (κ3) is 1.97. The van der Waals surface area contributed by atoms with Crippen LogP contribution in [0.15, 0.2) is 0 Å². The molecule has 0 aromatic carbocycles. The van der Waals surface area contributed by atoms with Gasteiger partial charge in [-0.2, -0.15) is 5.26 Å². The minimum Gasteiger partial charge on any atom is -0.375 e. The van der Waals surface area contributed by atoms with Crippen molar-refractivity contribution in [3.8, 4) is 6.07 Å². The van der Waals surface area contributed by atoms with Crippen LogP contribution in [-0.2, 0) is 4.74 Å². The average Bonchev–Trinajstić information content (AvgIpc) is 2.83. The van der Waals surface area contributed by atoms with E-state index in [4.69, 9.17) is 4.74 Å². The molecule has 3 heteroatoms. The first kappa shape index (κ1) is 11.9. The third-order valence-corrected chi connectivity index (χ3v) is 4.30. The maximum Gasteiger partial charge on any atom is 0.114 e. The highest BCUT2D eigenvalue weighted by Gasteiger charge is 2.47. The van der Waals surface area contributed by atoms with Gasteiger partial charge >= 0.3 is 0 Å². The fraction of sp³-hybridized carbons (Fsp3) is 0.923. The summed E-state index contributed by atoms with van der Waals surface area (Å²) in [7, 11) is 0. The SMILES string of the molecule is CCC1(C)CC(C#N)(N2CCCC2)CCO1. The Morgan fingerprint density at radius 3 is 2.62 bits per heavy atom. The smallest absolute Gasteiger partial charge is 0.114 e. The molecule has 2 fully saturated rings. The number of ether oxygens (including phenoxy) is 1. The molecule has 0 aromatic heterocycles. The van der Waals surface area contributed by atoms with Crippen molar-refractivity contribution in [3.63, 3.8) is 0 Å². The van der Waals surface area contributed by atoms with Crippen molar-refractivity contribution in [2.24, 2.45) is 0 Å². The minimum absolute atomic E-state index is 0.101. The average molecular weight is 222 g/mol. The van der Waals surface area contributed by atoms with Crippen molar-refractivity contribution < 1.29 is 4.74 Å². The summed E-state index contributed by atoms with van der Waals surface area (Å²) in [5.74, 6) is 0. The molecule has 2 atom stereocenters. The molecule has 0 aliphatic carbocycles. The number of likely N-dealkylation sites (tertiary alicyclic amines) is 1. The first-order valence-corrected chi connectivity index (χ1v) is 6.44. The lowest BCUT2D eigenvalue weighted by molar-refractivity contribution is -0.112. The highest BCUT2D eigenvalue weighted by Crippen LogP contribution is 2.39. The van der Waals surface area contributed by atoms with Gasteiger partial charge in [0, 0.05) is 12.8 Å². The van der Waals surface area contributed by atoms with E-state index < -0.39 is 0 Å². The Morgan fingerprint density at radius 2 is 2.06 bits per heavy atom. The Bertz CT molecular complexity index is 293. The van der Waals surface area contributed by atoms with E-state index in [2.05, 4.69) is 24.8 Å². The molecular formula is C13H22N2O. The molecule has 0 saturated carbocycles. The van der Waals surface area contributed by atoms with E-state index in [9.17, 15) is 5.26 Å². The van der Waals surface area contributed by atoms with Crippen LogP contribution in [0.1, 0.15) is 46.0 Å². The Balaban J connectivity index is 2.17. The summed E-state index contributed by atoms with van der Waals surface area (Å²) in [6.45, 7) is 7.21. The van der Waals surface area contributed by atoms with E-state index in [1.54, 1.807) is 0 Å². The molecule has 0 amide bonds. The summed E-state index contributed by atoms with van der Waals surface area (Å²) in [4.78, 5) is 2.39. The van der Waals surface area contributed by atoms with Gasteiger partial charge in [-0.3, -0.25) is 4.90 Å². The number of hydrogen-bond donors (Lipinski definition) is 0. The summed E-state index contributed by atoms with van der Waals surface area (Å²) in [5.41, 5.74) is -0.351. The fourth-order valence-corrected chi connectivity index (χ4v) is 3.03. The van der Waals surface area contributed by atoms with Crippen LogP contribution in [0.2, 0.25) is 0 Å². The van der Waals surface area contributed by atoms with Crippen LogP contribution in [0.5, 0.6) is 0 Å². The largest absolute Gasteiger partial charge is 0.375 e. The standard InChI is InChI=1S/C13H22N2O/c1-3-12(2)10-13(11-14,6-9-16-12)15-7-4-5-8-15/h3-10H2,1-2H3. The summed E-state index contributed by atoms with van der Waals surface area (Å²) >= 11 is 0. The van der Waals surface area contributed by atoms with Gasteiger partial charge in [0.15, 0.2) is 0 Å². The highest BCUT2D eigenvalue weighted by atomic mass is 16.5. The molecule has 0 spiro atoms. The van der Waals surface area contributed by atoms with Crippen molar-refractivity contribution in [2.45, 2.75) is 57.1 Å². The summed E-state index contributed by atoms with van der Waals surface area (Å²) < 4.78 is 5.85. The van der Waals surface area contributed by atoms with Crippen LogP contribution in [0.3, 0.4) is 0 Å². The second kappa shape index (κ2) is 4.35. The molecule has 0 aromatic rings. The molecule has 2 heterocycles. The van der Waals surface area contributed by atoms with Gasteiger partial charge in [0.25, 0.3) is 0 Å². The summed E-state index contributed by atoms with van der Waals surface area (Å²) in [5, 5.41) is 9.58. The van der Waals surface area contributed by atoms with Crippen LogP contribution in [0.4, 0.5) is 0 Å². The molecule has 2 saturated heterocycles. The quantitative estimate of drug-likeness (QED) is 0.719. The highest BCUT2D eigenvalue weighted by molar-refractivity contribution is 5.13. The molecule has 0 bridgehead atoms. The Labute approximate surface area is 98.4 Å². The fourth-order valence-electron chi connectivity index (χ4n) is 3.03. The van der Waals surface area contributed by atoms with Gasteiger partial charge in [-0.1, -0.05) is 6.92 Å². The van der Waals surface area contributed by atoms with Crippen molar-refractivity contribution in [1.82, 2.24) is 4.90 Å². The normalized spacial score (nSPS) is 40.8. The molecular weight excluding hydrogens is 200 g/mol. The lowest BCUT2D eigenvalue weighted by Gasteiger charge is -2.46. The van der Waals surface area contributed by atoms with Crippen LogP contribution in [0.25, 0.3) is 0 Å². The minimum atomic E-state index is -0.250. The van der Waals surface area contributed by atoms with E-state index in [-0.39, 0.29) is 11.1 Å². The molecule has 0 N–H and O–H groups in total. The number of nitrogens with zero attached hydrogens (tertiary/aromatic N) is 2. The Hall–Kier alpha value is -0.590. The summed E-state index contributed by atoms with van der Waals surface area (Å²) in [6.07, 6.45) is 5.22. The maximum atomic E-state index is 9.58. The van der Waals surface area contributed by atoms with Gasteiger partial charge in [0.2, 0.25) is 0 Å². The Morgan fingerprint density at radius 1 is 1.38 bits per heavy atom. The number of rotatable bonds is 2. The second-order valence-corrected chi connectivity index (χ2v) is 5.42. The van der Waals surface area contributed by atoms with E-state index >= 15 is 0 Å². The van der Waals surface area contributed by atoms with Gasteiger partial charge in [0.1, 0.15) is 5.54 Å². The van der Waals surface area contributed by atoms with Crippen LogP contribution in [-0.4, -0.2) is 35.7 Å². The summed E-state index contributed by atoms with van der Waals surface area (Å²) in [6, 6.07) is 2.59. The topological polar surface area (TPSA) is 36.3 Å². The van der Waals surface area contributed by atoms with Crippen molar-refractivity contribution in [2.75, 3.05) is 19.7 Å². The van der Waals surface area contributed by atoms with Crippen molar-refractivity contribution in [1.29, 1.82) is 5.26 Å². The van der Waals surface area contributed by atoms with Gasteiger partial charge in [-0.25, -0.2) is 0 Å². The lowest BCUT2D eigenvalue weighted by atomic mass is 9.79. The van der Waals surface area contributed by atoms with Gasteiger partial charge < -0.3 is 4.74 Å². The van der Waals surface area contributed by atoms with E-state index in [1.165, 1.54) is 12.8 Å². The van der Waals surface area contributed by atoms with E-state index in [0.29, 0.717) is 0 Å². The first-order valence-electron chi connectivity index (χ1n) is 6.44. The molecule has 0 radical (unpaired) electrons. The monoisotopic (exact) mass is 222 g/mol. The molecule has 90 valence electrons.